The SMILES string of the molecule is CNCCc1cc2c(c(Br)c1O)CCCC2. The van der Waals surface area contributed by atoms with Crippen molar-refractivity contribution in [2.75, 3.05) is 13.6 Å². The van der Waals surface area contributed by atoms with Crippen molar-refractivity contribution in [1.82, 2.24) is 5.32 Å². The number of benzene rings is 1. The fourth-order valence-corrected chi connectivity index (χ4v) is 3.06. The molecule has 16 heavy (non-hydrogen) atoms. The van der Waals surface area contributed by atoms with E-state index >= 15 is 0 Å². The van der Waals surface area contributed by atoms with Crippen LogP contribution in [0.3, 0.4) is 0 Å². The predicted octanol–water partition coefficient (Wildman–Crippen LogP) is 2.80. The Morgan fingerprint density at radius 2 is 2.12 bits per heavy atom. The number of nitrogens with one attached hydrogen (secondary N) is 1. The van der Waals surface area contributed by atoms with E-state index in [2.05, 4.69) is 27.3 Å². The van der Waals surface area contributed by atoms with Crippen LogP contribution >= 0.6 is 15.9 Å². The van der Waals surface area contributed by atoms with Gasteiger partial charge >= 0.3 is 0 Å². The molecule has 2 rings (SSSR count). The summed E-state index contributed by atoms with van der Waals surface area (Å²) < 4.78 is 0.927. The Balaban J connectivity index is 2.36. The number of phenolic OH excluding ortho intramolecular Hbond substituents is 1. The van der Waals surface area contributed by atoms with Gasteiger partial charge in [-0.3, -0.25) is 0 Å². The Kier molecular flexibility index (Phi) is 3.87. The number of rotatable bonds is 3. The van der Waals surface area contributed by atoms with Gasteiger partial charge in [-0.05, 0) is 78.3 Å². The maximum atomic E-state index is 10.1. The number of fused-ring (bicyclic) bond motifs is 1. The summed E-state index contributed by atoms with van der Waals surface area (Å²) in [5, 5.41) is 13.2. The first-order valence-corrected chi connectivity index (χ1v) is 6.70. The zero-order valence-electron chi connectivity index (χ0n) is 9.65. The van der Waals surface area contributed by atoms with Crippen LogP contribution in [-0.2, 0) is 19.3 Å². The van der Waals surface area contributed by atoms with E-state index < -0.39 is 0 Å². The topological polar surface area (TPSA) is 32.3 Å². The molecule has 0 bridgehead atoms. The molecule has 88 valence electrons. The van der Waals surface area contributed by atoms with Gasteiger partial charge in [0.25, 0.3) is 0 Å². The van der Waals surface area contributed by atoms with Gasteiger partial charge in [-0.15, -0.1) is 0 Å². The van der Waals surface area contributed by atoms with Gasteiger partial charge in [0.2, 0.25) is 0 Å². The van der Waals surface area contributed by atoms with Crippen molar-refractivity contribution in [3.05, 3.63) is 27.2 Å². The van der Waals surface area contributed by atoms with Crippen molar-refractivity contribution in [1.29, 1.82) is 0 Å². The average Bonchev–Trinajstić information content (AvgIpc) is 2.32. The Morgan fingerprint density at radius 1 is 1.38 bits per heavy atom. The van der Waals surface area contributed by atoms with Gasteiger partial charge in [0.15, 0.2) is 0 Å². The molecule has 0 amide bonds. The number of aromatic hydroxyl groups is 1. The molecule has 1 aromatic carbocycles. The zero-order chi connectivity index (χ0) is 11.5. The van der Waals surface area contributed by atoms with Crippen LogP contribution < -0.4 is 5.32 Å². The van der Waals surface area contributed by atoms with Crippen LogP contribution in [0.5, 0.6) is 5.75 Å². The molecule has 0 aromatic heterocycles. The van der Waals surface area contributed by atoms with Crippen molar-refractivity contribution in [3.8, 4) is 5.75 Å². The van der Waals surface area contributed by atoms with E-state index in [1.165, 1.54) is 24.0 Å². The standard InChI is InChI=1S/C13H18BrNO/c1-15-7-6-10-8-9-4-2-3-5-11(9)12(14)13(10)16/h8,15-16H,2-7H2,1H3. The van der Waals surface area contributed by atoms with Crippen molar-refractivity contribution < 1.29 is 5.11 Å². The molecule has 3 heteroatoms. The minimum absolute atomic E-state index is 0.441. The minimum atomic E-state index is 0.441. The highest BCUT2D eigenvalue weighted by molar-refractivity contribution is 9.10. The highest BCUT2D eigenvalue weighted by atomic mass is 79.9. The first kappa shape index (κ1) is 11.9. The molecule has 0 fully saturated rings. The number of hydrogen-bond donors (Lipinski definition) is 2. The van der Waals surface area contributed by atoms with Crippen molar-refractivity contribution in [3.63, 3.8) is 0 Å². The molecule has 1 aliphatic carbocycles. The van der Waals surface area contributed by atoms with Crippen LogP contribution in [0.25, 0.3) is 0 Å². The monoisotopic (exact) mass is 283 g/mol. The van der Waals surface area contributed by atoms with Crippen molar-refractivity contribution in [2.24, 2.45) is 0 Å². The molecule has 0 heterocycles. The normalized spacial score (nSPS) is 14.9. The van der Waals surface area contributed by atoms with Gasteiger partial charge in [-0.1, -0.05) is 6.07 Å². The maximum absolute atomic E-state index is 10.1. The Morgan fingerprint density at radius 3 is 2.88 bits per heavy atom. The van der Waals surface area contributed by atoms with Crippen LogP contribution in [0.2, 0.25) is 0 Å². The van der Waals surface area contributed by atoms with Crippen molar-refractivity contribution >= 4 is 15.9 Å². The highest BCUT2D eigenvalue weighted by Gasteiger charge is 2.17. The lowest BCUT2D eigenvalue weighted by molar-refractivity contribution is 0.461. The summed E-state index contributed by atoms with van der Waals surface area (Å²) in [5.74, 6) is 0.441. The molecular formula is C13H18BrNO. The van der Waals surface area contributed by atoms with E-state index in [1.807, 2.05) is 7.05 Å². The van der Waals surface area contributed by atoms with Gasteiger partial charge in [-0.25, -0.2) is 0 Å². The summed E-state index contributed by atoms with van der Waals surface area (Å²) in [7, 11) is 1.94. The lowest BCUT2D eigenvalue weighted by Gasteiger charge is -2.20. The molecule has 0 saturated heterocycles. The maximum Gasteiger partial charge on any atom is 0.133 e. The number of likely N-dealkylation sites (N-methyl/N-ethyl adjacent to an activating group) is 1. The lowest BCUT2D eigenvalue weighted by atomic mass is 9.89. The molecule has 2 N–H and O–H groups in total. The largest absolute Gasteiger partial charge is 0.506 e. The third-order valence-electron chi connectivity index (χ3n) is 3.28. The molecule has 0 saturated carbocycles. The van der Waals surface area contributed by atoms with Crippen LogP contribution in [-0.4, -0.2) is 18.7 Å². The quantitative estimate of drug-likeness (QED) is 0.894. The van der Waals surface area contributed by atoms with E-state index in [-0.39, 0.29) is 0 Å². The van der Waals surface area contributed by atoms with E-state index in [4.69, 9.17) is 0 Å². The highest BCUT2D eigenvalue weighted by Crippen LogP contribution is 2.37. The first-order valence-electron chi connectivity index (χ1n) is 5.90. The Labute approximate surface area is 105 Å². The number of hydrogen-bond acceptors (Lipinski definition) is 2. The summed E-state index contributed by atoms with van der Waals surface area (Å²) in [6.07, 6.45) is 5.64. The van der Waals surface area contributed by atoms with Crippen LogP contribution in [0.1, 0.15) is 29.5 Å². The van der Waals surface area contributed by atoms with E-state index in [1.54, 1.807) is 0 Å². The fraction of sp³-hybridized carbons (Fsp3) is 0.538. The molecule has 0 spiro atoms. The smallest absolute Gasteiger partial charge is 0.133 e. The summed E-state index contributed by atoms with van der Waals surface area (Å²) >= 11 is 3.54. The van der Waals surface area contributed by atoms with Crippen molar-refractivity contribution in [2.45, 2.75) is 32.1 Å². The van der Waals surface area contributed by atoms with Gasteiger partial charge in [-0.2, -0.15) is 0 Å². The van der Waals surface area contributed by atoms with E-state index in [9.17, 15) is 5.11 Å². The second-order valence-electron chi connectivity index (χ2n) is 4.40. The molecule has 0 unspecified atom stereocenters. The first-order chi connectivity index (χ1) is 7.74. The Hall–Kier alpha value is -0.540. The van der Waals surface area contributed by atoms with Gasteiger partial charge in [0, 0.05) is 0 Å². The second-order valence-corrected chi connectivity index (χ2v) is 5.19. The van der Waals surface area contributed by atoms with E-state index in [0.29, 0.717) is 5.75 Å². The lowest BCUT2D eigenvalue weighted by Crippen LogP contribution is -2.12. The molecular weight excluding hydrogens is 266 g/mol. The second kappa shape index (κ2) is 5.19. The molecule has 1 aliphatic rings. The van der Waals surface area contributed by atoms with Crippen LogP contribution in [0.4, 0.5) is 0 Å². The molecule has 0 aliphatic heterocycles. The average molecular weight is 284 g/mol. The zero-order valence-corrected chi connectivity index (χ0v) is 11.2. The summed E-state index contributed by atoms with van der Waals surface area (Å²) in [4.78, 5) is 0. The molecule has 0 atom stereocenters. The van der Waals surface area contributed by atoms with E-state index in [0.717, 1.165) is 35.8 Å². The third-order valence-corrected chi connectivity index (χ3v) is 4.13. The van der Waals surface area contributed by atoms with Gasteiger partial charge < -0.3 is 10.4 Å². The molecule has 0 radical (unpaired) electrons. The minimum Gasteiger partial charge on any atom is -0.506 e. The number of phenols is 1. The Bertz CT molecular complexity index is 390. The van der Waals surface area contributed by atoms with Gasteiger partial charge in [0.05, 0.1) is 4.47 Å². The number of halogens is 1. The fourth-order valence-electron chi connectivity index (χ4n) is 2.35. The number of aryl methyl sites for hydroxylation is 1. The molecule has 1 aromatic rings. The summed E-state index contributed by atoms with van der Waals surface area (Å²) in [5.41, 5.74) is 3.79. The van der Waals surface area contributed by atoms with Crippen LogP contribution in [0.15, 0.2) is 10.5 Å². The third kappa shape index (κ3) is 2.25. The predicted molar refractivity (Wildman–Crippen MR) is 70.1 cm³/mol. The van der Waals surface area contributed by atoms with Gasteiger partial charge in [0.1, 0.15) is 5.75 Å². The summed E-state index contributed by atoms with van der Waals surface area (Å²) in [6.45, 7) is 0.902. The summed E-state index contributed by atoms with van der Waals surface area (Å²) in [6, 6.07) is 2.19. The van der Waals surface area contributed by atoms with Crippen LogP contribution in [0, 0.1) is 0 Å². The molecule has 2 nitrogen and oxygen atoms in total.